The fourth-order valence-corrected chi connectivity index (χ4v) is 4.01. The maximum absolute atomic E-state index is 13.6. The summed E-state index contributed by atoms with van der Waals surface area (Å²) in [5.41, 5.74) is 6.32. The van der Waals surface area contributed by atoms with Crippen LogP contribution in [0.4, 0.5) is 5.69 Å². The molecule has 1 atom stereocenters. The molecule has 0 aliphatic carbocycles. The maximum Gasteiger partial charge on any atom is 0.451 e. The highest BCUT2D eigenvalue weighted by Gasteiger charge is 2.38. The van der Waals surface area contributed by atoms with Gasteiger partial charge < -0.3 is 14.8 Å². The van der Waals surface area contributed by atoms with Crippen LogP contribution in [0.1, 0.15) is 11.3 Å². The van der Waals surface area contributed by atoms with E-state index in [1.807, 2.05) is 0 Å². The second-order valence-corrected chi connectivity index (χ2v) is 7.65. The standard InChI is InChI=1S/C19H17N2O5P/c20-19(15-8-7-9-16(14-15)21(22)23)27(24,25-17-10-3-1-4-11-17)26-18-12-5-2-6-13-18/h1-14,19H,20H2/t19-/m0/s1. The highest BCUT2D eigenvalue weighted by Crippen LogP contribution is 2.57. The topological polar surface area (TPSA) is 105 Å². The number of hydrogen-bond acceptors (Lipinski definition) is 6. The van der Waals surface area contributed by atoms with Gasteiger partial charge in [0.2, 0.25) is 0 Å². The van der Waals surface area contributed by atoms with Crippen molar-refractivity contribution in [2.45, 2.75) is 5.78 Å². The van der Waals surface area contributed by atoms with Crippen LogP contribution < -0.4 is 14.8 Å². The molecule has 0 aliphatic rings. The summed E-state index contributed by atoms with van der Waals surface area (Å²) in [5, 5.41) is 11.0. The summed E-state index contributed by atoms with van der Waals surface area (Å²) in [6.45, 7) is 0. The molecule has 0 fully saturated rings. The minimum atomic E-state index is -3.97. The zero-order chi connectivity index (χ0) is 19.3. The Kier molecular flexibility index (Phi) is 5.54. The highest BCUT2D eigenvalue weighted by atomic mass is 31.2. The number of nitro benzene ring substituents is 1. The van der Waals surface area contributed by atoms with Crippen molar-refractivity contribution in [3.8, 4) is 11.5 Å². The van der Waals surface area contributed by atoms with E-state index < -0.39 is 18.3 Å². The molecule has 0 amide bonds. The highest BCUT2D eigenvalue weighted by molar-refractivity contribution is 7.55. The van der Waals surface area contributed by atoms with Gasteiger partial charge in [0.1, 0.15) is 11.5 Å². The van der Waals surface area contributed by atoms with Crippen molar-refractivity contribution >= 4 is 13.3 Å². The first-order chi connectivity index (χ1) is 13.0. The number of nitrogens with two attached hydrogens (primary N) is 1. The Balaban J connectivity index is 1.99. The van der Waals surface area contributed by atoms with Crippen LogP contribution in [-0.4, -0.2) is 4.92 Å². The normalized spacial score (nSPS) is 12.2. The van der Waals surface area contributed by atoms with Gasteiger partial charge in [-0.15, -0.1) is 0 Å². The molecule has 3 aromatic rings. The van der Waals surface area contributed by atoms with Gasteiger partial charge in [-0.1, -0.05) is 48.5 Å². The van der Waals surface area contributed by atoms with Crippen molar-refractivity contribution in [3.63, 3.8) is 0 Å². The molecule has 0 radical (unpaired) electrons. The minimum Gasteiger partial charge on any atom is -0.415 e. The molecule has 0 aromatic heterocycles. The Morgan fingerprint density at radius 1 is 0.852 bits per heavy atom. The first-order valence-electron chi connectivity index (χ1n) is 8.07. The molecule has 7 nitrogen and oxygen atoms in total. The molecule has 3 rings (SSSR count). The number of nitro groups is 1. The van der Waals surface area contributed by atoms with Crippen molar-refractivity contribution in [1.82, 2.24) is 0 Å². The summed E-state index contributed by atoms with van der Waals surface area (Å²) >= 11 is 0. The molecular formula is C19H17N2O5P. The quantitative estimate of drug-likeness (QED) is 0.353. The van der Waals surface area contributed by atoms with Crippen molar-refractivity contribution < 1.29 is 18.5 Å². The Hall–Kier alpha value is -3.15. The number of benzene rings is 3. The Morgan fingerprint density at radius 3 is 1.85 bits per heavy atom. The molecule has 138 valence electrons. The van der Waals surface area contributed by atoms with E-state index in [2.05, 4.69) is 0 Å². The number of non-ortho nitro benzene ring substituents is 1. The van der Waals surface area contributed by atoms with Gasteiger partial charge in [-0.25, -0.2) is 4.57 Å². The number of hydrogen-bond donors (Lipinski definition) is 1. The zero-order valence-electron chi connectivity index (χ0n) is 14.2. The third kappa shape index (κ3) is 4.53. The summed E-state index contributed by atoms with van der Waals surface area (Å²) < 4.78 is 24.9. The first-order valence-corrected chi connectivity index (χ1v) is 9.68. The lowest BCUT2D eigenvalue weighted by Gasteiger charge is -2.25. The van der Waals surface area contributed by atoms with Gasteiger partial charge in [0.15, 0.2) is 5.78 Å². The fraction of sp³-hybridized carbons (Fsp3) is 0.0526. The molecular weight excluding hydrogens is 367 g/mol. The van der Waals surface area contributed by atoms with Crippen molar-refractivity contribution in [2.75, 3.05) is 0 Å². The van der Waals surface area contributed by atoms with E-state index in [0.29, 0.717) is 11.5 Å². The third-order valence-electron chi connectivity index (χ3n) is 3.71. The van der Waals surface area contributed by atoms with Gasteiger partial charge in [-0.3, -0.25) is 10.1 Å². The molecule has 0 bridgehead atoms. The van der Waals surface area contributed by atoms with Crippen molar-refractivity contribution in [3.05, 3.63) is 101 Å². The smallest absolute Gasteiger partial charge is 0.415 e. The Labute approximate surface area is 156 Å². The number of rotatable bonds is 7. The molecule has 0 saturated heterocycles. The van der Waals surface area contributed by atoms with Gasteiger partial charge in [0, 0.05) is 12.1 Å². The summed E-state index contributed by atoms with van der Waals surface area (Å²) in [7, 11) is -3.97. The fourth-order valence-electron chi connectivity index (χ4n) is 2.39. The second-order valence-electron chi connectivity index (χ2n) is 5.65. The van der Waals surface area contributed by atoms with Crippen molar-refractivity contribution in [2.24, 2.45) is 5.73 Å². The second kappa shape index (κ2) is 8.03. The molecule has 3 aromatic carbocycles. The average Bonchev–Trinajstić information content (AvgIpc) is 2.69. The van der Waals surface area contributed by atoms with Gasteiger partial charge in [0.05, 0.1) is 4.92 Å². The molecule has 0 heterocycles. The lowest BCUT2D eigenvalue weighted by Crippen LogP contribution is -2.18. The van der Waals surface area contributed by atoms with Crippen LogP contribution in [0.2, 0.25) is 0 Å². The molecule has 0 spiro atoms. The van der Waals surface area contributed by atoms with Gasteiger partial charge >= 0.3 is 7.60 Å². The zero-order valence-corrected chi connectivity index (χ0v) is 15.1. The molecule has 27 heavy (non-hydrogen) atoms. The van der Waals surface area contributed by atoms with E-state index in [0.717, 1.165) is 0 Å². The average molecular weight is 384 g/mol. The van der Waals surface area contributed by atoms with Crippen LogP contribution in [0.15, 0.2) is 84.9 Å². The van der Waals surface area contributed by atoms with E-state index >= 15 is 0 Å². The van der Waals surface area contributed by atoms with Crippen LogP contribution in [-0.2, 0) is 4.57 Å². The molecule has 0 saturated carbocycles. The van der Waals surface area contributed by atoms with E-state index in [4.69, 9.17) is 14.8 Å². The third-order valence-corrected chi connectivity index (χ3v) is 5.63. The molecule has 2 N–H and O–H groups in total. The first kappa shape index (κ1) is 18.6. The SMILES string of the molecule is N[C@H](c1cccc([N+](=O)[O-])c1)P(=O)(Oc1ccccc1)Oc1ccccc1. The van der Waals surface area contributed by atoms with Crippen LogP contribution in [0.5, 0.6) is 11.5 Å². The summed E-state index contributed by atoms with van der Waals surface area (Å²) in [6, 6.07) is 22.6. The monoisotopic (exact) mass is 384 g/mol. The minimum absolute atomic E-state index is 0.158. The van der Waals surface area contributed by atoms with Crippen LogP contribution >= 0.6 is 7.60 Å². The van der Waals surface area contributed by atoms with Crippen LogP contribution in [0, 0.1) is 10.1 Å². The molecule has 0 aliphatic heterocycles. The van der Waals surface area contributed by atoms with E-state index in [1.54, 1.807) is 66.7 Å². The predicted octanol–water partition coefficient (Wildman–Crippen LogP) is 4.90. The van der Waals surface area contributed by atoms with Crippen LogP contribution in [0.3, 0.4) is 0 Å². The Morgan fingerprint density at radius 2 is 1.37 bits per heavy atom. The van der Waals surface area contributed by atoms with Gasteiger partial charge in [-0.2, -0.15) is 0 Å². The van der Waals surface area contributed by atoms with Crippen molar-refractivity contribution in [1.29, 1.82) is 0 Å². The molecule has 0 unspecified atom stereocenters. The summed E-state index contributed by atoms with van der Waals surface area (Å²) in [6.07, 6.45) is 0. The van der Waals surface area contributed by atoms with E-state index in [-0.39, 0.29) is 11.3 Å². The van der Waals surface area contributed by atoms with E-state index in [1.165, 1.54) is 18.2 Å². The number of nitrogens with zero attached hydrogens (tertiary/aromatic N) is 1. The number of para-hydroxylation sites is 2. The molecule has 8 heteroatoms. The lowest BCUT2D eigenvalue weighted by atomic mass is 10.2. The largest absolute Gasteiger partial charge is 0.451 e. The van der Waals surface area contributed by atoms with Crippen LogP contribution in [0.25, 0.3) is 0 Å². The Bertz CT molecular complexity index is 921. The summed E-state index contributed by atoms with van der Waals surface area (Å²) in [5.74, 6) is -0.590. The predicted molar refractivity (Wildman–Crippen MR) is 102 cm³/mol. The van der Waals surface area contributed by atoms with E-state index in [9.17, 15) is 14.7 Å². The van der Waals surface area contributed by atoms with Gasteiger partial charge in [0.25, 0.3) is 5.69 Å². The van der Waals surface area contributed by atoms with Gasteiger partial charge in [-0.05, 0) is 29.8 Å². The maximum atomic E-state index is 13.6. The summed E-state index contributed by atoms with van der Waals surface area (Å²) in [4.78, 5) is 10.5. The lowest BCUT2D eigenvalue weighted by molar-refractivity contribution is -0.384.